The Kier molecular flexibility index (Phi) is 5.39. The molecule has 2 amide bonds. The van der Waals surface area contributed by atoms with E-state index in [4.69, 9.17) is 0 Å². The molecule has 1 fully saturated rings. The van der Waals surface area contributed by atoms with E-state index in [9.17, 15) is 9.59 Å². The minimum Gasteiger partial charge on any atom is -0.347 e. The summed E-state index contributed by atoms with van der Waals surface area (Å²) in [5.74, 6) is 1.28. The molecule has 1 atom stereocenters. The molecule has 0 radical (unpaired) electrons. The quantitative estimate of drug-likeness (QED) is 0.848. The topological polar surface area (TPSA) is 49.4 Å². The Morgan fingerprint density at radius 3 is 2.47 bits per heavy atom. The summed E-state index contributed by atoms with van der Waals surface area (Å²) in [4.78, 5) is 25.6. The zero-order valence-corrected chi connectivity index (χ0v) is 13.0. The zero-order chi connectivity index (χ0) is 14.6. The van der Waals surface area contributed by atoms with Crippen LogP contribution in [-0.4, -0.2) is 36.3 Å². The second kappa shape index (κ2) is 6.40. The second-order valence-corrected chi connectivity index (χ2v) is 7.06. The summed E-state index contributed by atoms with van der Waals surface area (Å²) >= 11 is 0. The van der Waals surface area contributed by atoms with Crippen LogP contribution < -0.4 is 5.32 Å². The van der Waals surface area contributed by atoms with Gasteiger partial charge in [0.15, 0.2) is 0 Å². The lowest BCUT2D eigenvalue weighted by atomic mass is 9.96. The fourth-order valence-electron chi connectivity index (χ4n) is 2.45. The molecule has 4 heteroatoms. The van der Waals surface area contributed by atoms with E-state index < -0.39 is 5.41 Å². The van der Waals surface area contributed by atoms with Gasteiger partial charge in [-0.25, -0.2) is 0 Å². The van der Waals surface area contributed by atoms with Gasteiger partial charge in [-0.05, 0) is 24.7 Å². The summed E-state index contributed by atoms with van der Waals surface area (Å²) in [6.07, 6.45) is 2.27. The van der Waals surface area contributed by atoms with Crippen LogP contribution in [0, 0.1) is 17.3 Å². The summed E-state index contributed by atoms with van der Waals surface area (Å²) in [6, 6.07) is 0. The van der Waals surface area contributed by atoms with Crippen molar-refractivity contribution in [2.45, 2.75) is 47.5 Å². The summed E-state index contributed by atoms with van der Waals surface area (Å²) in [6.45, 7) is 11.8. The molecule has 1 N–H and O–H groups in total. The van der Waals surface area contributed by atoms with Crippen LogP contribution >= 0.6 is 0 Å². The SMILES string of the molecule is CC(C)C[C@@H]1CCN(C(=O)CNC(=O)C(C)(C)C)C1. The number of nitrogens with one attached hydrogen (secondary N) is 1. The molecular weight excluding hydrogens is 240 g/mol. The van der Waals surface area contributed by atoms with Crippen LogP contribution in [0.1, 0.15) is 47.5 Å². The van der Waals surface area contributed by atoms with Crippen LogP contribution in [0.4, 0.5) is 0 Å². The number of nitrogens with zero attached hydrogens (tertiary/aromatic N) is 1. The molecule has 1 rings (SSSR count). The normalized spacial score (nSPS) is 19.9. The first-order valence-corrected chi connectivity index (χ1v) is 7.26. The lowest BCUT2D eigenvalue weighted by Gasteiger charge is -2.20. The molecule has 0 bridgehead atoms. The van der Waals surface area contributed by atoms with Crippen LogP contribution in [0.2, 0.25) is 0 Å². The van der Waals surface area contributed by atoms with Gasteiger partial charge >= 0.3 is 0 Å². The highest BCUT2D eigenvalue weighted by Crippen LogP contribution is 2.23. The van der Waals surface area contributed by atoms with Crippen molar-refractivity contribution in [3.05, 3.63) is 0 Å². The van der Waals surface area contributed by atoms with Crippen LogP contribution in [-0.2, 0) is 9.59 Å². The van der Waals surface area contributed by atoms with Crippen LogP contribution in [0.3, 0.4) is 0 Å². The van der Waals surface area contributed by atoms with Crippen LogP contribution in [0.5, 0.6) is 0 Å². The van der Waals surface area contributed by atoms with E-state index in [-0.39, 0.29) is 18.4 Å². The second-order valence-electron chi connectivity index (χ2n) is 7.06. The van der Waals surface area contributed by atoms with Gasteiger partial charge in [0.2, 0.25) is 11.8 Å². The number of amides is 2. The molecule has 19 heavy (non-hydrogen) atoms. The predicted octanol–water partition coefficient (Wildman–Crippen LogP) is 2.04. The van der Waals surface area contributed by atoms with Crippen molar-refractivity contribution in [3.63, 3.8) is 0 Å². The maximum atomic E-state index is 12.0. The number of hydrogen-bond acceptors (Lipinski definition) is 2. The Morgan fingerprint density at radius 2 is 1.95 bits per heavy atom. The Labute approximate surface area is 116 Å². The third-order valence-electron chi connectivity index (χ3n) is 3.52. The molecule has 4 nitrogen and oxygen atoms in total. The molecule has 0 saturated carbocycles. The molecule has 0 spiro atoms. The van der Waals surface area contributed by atoms with Crippen molar-refractivity contribution in [2.75, 3.05) is 19.6 Å². The number of hydrogen-bond donors (Lipinski definition) is 1. The van der Waals surface area contributed by atoms with Crippen molar-refractivity contribution in [3.8, 4) is 0 Å². The zero-order valence-electron chi connectivity index (χ0n) is 13.0. The van der Waals surface area contributed by atoms with Gasteiger partial charge in [-0.2, -0.15) is 0 Å². The van der Waals surface area contributed by atoms with Gasteiger partial charge in [0, 0.05) is 18.5 Å². The van der Waals surface area contributed by atoms with Gasteiger partial charge in [0.05, 0.1) is 6.54 Å². The van der Waals surface area contributed by atoms with E-state index in [0.717, 1.165) is 19.5 Å². The van der Waals surface area contributed by atoms with Gasteiger partial charge in [0.25, 0.3) is 0 Å². The van der Waals surface area contributed by atoms with Crippen molar-refractivity contribution in [1.82, 2.24) is 10.2 Å². The molecule has 1 aliphatic rings. The molecule has 110 valence electrons. The fourth-order valence-corrected chi connectivity index (χ4v) is 2.45. The summed E-state index contributed by atoms with van der Waals surface area (Å²) in [5, 5.41) is 2.72. The van der Waals surface area contributed by atoms with Gasteiger partial charge < -0.3 is 10.2 Å². The molecule has 0 aromatic rings. The molecule has 1 aliphatic heterocycles. The van der Waals surface area contributed by atoms with E-state index in [2.05, 4.69) is 19.2 Å². The summed E-state index contributed by atoms with van der Waals surface area (Å²) in [7, 11) is 0. The molecule has 0 aromatic carbocycles. The van der Waals surface area contributed by atoms with Crippen LogP contribution in [0.25, 0.3) is 0 Å². The maximum Gasteiger partial charge on any atom is 0.241 e. The van der Waals surface area contributed by atoms with Crippen molar-refractivity contribution >= 4 is 11.8 Å². The summed E-state index contributed by atoms with van der Waals surface area (Å²) in [5.41, 5.74) is -0.439. The van der Waals surface area contributed by atoms with E-state index in [1.165, 1.54) is 6.42 Å². The minimum absolute atomic E-state index is 0.0452. The molecule has 0 aromatic heterocycles. The fraction of sp³-hybridized carbons (Fsp3) is 0.867. The lowest BCUT2D eigenvalue weighted by molar-refractivity contribution is -0.134. The van der Waals surface area contributed by atoms with Gasteiger partial charge in [-0.15, -0.1) is 0 Å². The summed E-state index contributed by atoms with van der Waals surface area (Å²) < 4.78 is 0. The van der Waals surface area contributed by atoms with Gasteiger partial charge in [-0.1, -0.05) is 34.6 Å². The van der Waals surface area contributed by atoms with Gasteiger partial charge in [0.1, 0.15) is 0 Å². The van der Waals surface area contributed by atoms with E-state index in [0.29, 0.717) is 11.8 Å². The Morgan fingerprint density at radius 1 is 1.32 bits per heavy atom. The number of carbonyl (C=O) groups excluding carboxylic acids is 2. The van der Waals surface area contributed by atoms with Crippen LogP contribution in [0.15, 0.2) is 0 Å². The first-order valence-electron chi connectivity index (χ1n) is 7.26. The average Bonchev–Trinajstić information content (AvgIpc) is 2.71. The predicted molar refractivity (Wildman–Crippen MR) is 76.6 cm³/mol. The highest BCUT2D eigenvalue weighted by atomic mass is 16.2. The third-order valence-corrected chi connectivity index (χ3v) is 3.52. The lowest BCUT2D eigenvalue weighted by Crippen LogP contribution is -2.42. The maximum absolute atomic E-state index is 12.0. The number of rotatable bonds is 4. The van der Waals surface area contributed by atoms with Crippen molar-refractivity contribution in [2.24, 2.45) is 17.3 Å². The molecule has 1 saturated heterocycles. The Hall–Kier alpha value is -1.06. The first-order chi connectivity index (χ1) is 8.70. The number of carbonyl (C=O) groups is 2. The molecule has 1 heterocycles. The smallest absolute Gasteiger partial charge is 0.241 e. The van der Waals surface area contributed by atoms with Crippen molar-refractivity contribution in [1.29, 1.82) is 0 Å². The molecule has 0 unspecified atom stereocenters. The Bertz CT molecular complexity index is 332. The molecule has 0 aliphatic carbocycles. The average molecular weight is 268 g/mol. The monoisotopic (exact) mass is 268 g/mol. The first kappa shape index (κ1) is 16.0. The van der Waals surface area contributed by atoms with E-state index in [1.807, 2.05) is 25.7 Å². The van der Waals surface area contributed by atoms with E-state index >= 15 is 0 Å². The third kappa shape index (κ3) is 5.21. The largest absolute Gasteiger partial charge is 0.347 e. The highest BCUT2D eigenvalue weighted by Gasteiger charge is 2.27. The molecular formula is C15H28N2O2. The van der Waals surface area contributed by atoms with Gasteiger partial charge in [-0.3, -0.25) is 9.59 Å². The number of likely N-dealkylation sites (tertiary alicyclic amines) is 1. The Balaban J connectivity index is 2.34. The van der Waals surface area contributed by atoms with E-state index in [1.54, 1.807) is 0 Å². The standard InChI is InChI=1S/C15H28N2O2/c1-11(2)8-12-6-7-17(10-12)13(18)9-16-14(19)15(3,4)5/h11-12H,6-10H2,1-5H3,(H,16,19)/t12-/m0/s1. The highest BCUT2D eigenvalue weighted by molar-refractivity contribution is 5.87. The van der Waals surface area contributed by atoms with Crippen molar-refractivity contribution < 1.29 is 9.59 Å². The minimum atomic E-state index is -0.439.